The monoisotopic (exact) mass is 216 g/mol. The molecule has 0 radical (unpaired) electrons. The van der Waals surface area contributed by atoms with Gasteiger partial charge in [0.15, 0.2) is 0 Å². The molecule has 0 spiro atoms. The molecule has 0 aromatic heterocycles. The minimum absolute atomic E-state index is 0.483. The smallest absolute Gasteiger partial charge is 0.00827 e. The van der Waals surface area contributed by atoms with Crippen LogP contribution in [0.3, 0.4) is 0 Å². The van der Waals surface area contributed by atoms with Crippen LogP contribution in [0.4, 0.5) is 0 Å². The normalized spacial score (nSPS) is 19.5. The standard InChI is InChI=1S/C10H17Br/c1-10(2,8-11)7-9-5-3-4-6-9/h3-4,9H,5-8H2,1-2H3. The van der Waals surface area contributed by atoms with Gasteiger partial charge in [0, 0.05) is 5.33 Å². The molecule has 64 valence electrons. The lowest BCUT2D eigenvalue weighted by atomic mass is 9.84. The van der Waals surface area contributed by atoms with Crippen LogP contribution in [0.15, 0.2) is 12.2 Å². The highest BCUT2D eigenvalue weighted by atomic mass is 79.9. The first kappa shape index (κ1) is 9.31. The van der Waals surface area contributed by atoms with Gasteiger partial charge in [-0.1, -0.05) is 41.9 Å². The van der Waals surface area contributed by atoms with Gasteiger partial charge in [-0.25, -0.2) is 0 Å². The Morgan fingerprint density at radius 1 is 1.36 bits per heavy atom. The van der Waals surface area contributed by atoms with Gasteiger partial charge < -0.3 is 0 Å². The topological polar surface area (TPSA) is 0 Å². The summed E-state index contributed by atoms with van der Waals surface area (Å²) in [4.78, 5) is 0. The Labute approximate surface area is 78.2 Å². The van der Waals surface area contributed by atoms with Crippen molar-refractivity contribution in [1.29, 1.82) is 0 Å². The summed E-state index contributed by atoms with van der Waals surface area (Å²) in [5.74, 6) is 0.919. The molecular formula is C10H17Br. The fourth-order valence-corrected chi connectivity index (χ4v) is 1.91. The second-order valence-corrected chi connectivity index (χ2v) is 4.87. The largest absolute Gasteiger partial charge is 0.0922 e. The predicted octanol–water partition coefficient (Wildman–Crippen LogP) is 3.76. The van der Waals surface area contributed by atoms with E-state index in [0.29, 0.717) is 5.41 Å². The molecule has 1 rings (SSSR count). The zero-order valence-corrected chi connectivity index (χ0v) is 9.02. The van der Waals surface area contributed by atoms with E-state index in [1.807, 2.05) is 0 Å². The molecule has 0 bridgehead atoms. The van der Waals surface area contributed by atoms with Crippen molar-refractivity contribution in [3.63, 3.8) is 0 Å². The number of halogens is 1. The van der Waals surface area contributed by atoms with Gasteiger partial charge in [0.1, 0.15) is 0 Å². The number of allylic oxidation sites excluding steroid dienone is 2. The first-order chi connectivity index (χ1) is 5.14. The van der Waals surface area contributed by atoms with E-state index in [9.17, 15) is 0 Å². The molecule has 0 amide bonds. The zero-order chi connectivity index (χ0) is 8.32. The number of hydrogen-bond donors (Lipinski definition) is 0. The summed E-state index contributed by atoms with van der Waals surface area (Å²) in [5, 5.41) is 1.12. The molecule has 0 nitrogen and oxygen atoms in total. The summed E-state index contributed by atoms with van der Waals surface area (Å²) < 4.78 is 0. The molecule has 1 aliphatic rings. The van der Waals surface area contributed by atoms with Crippen molar-refractivity contribution in [3.8, 4) is 0 Å². The van der Waals surface area contributed by atoms with Gasteiger partial charge in [-0.05, 0) is 30.6 Å². The van der Waals surface area contributed by atoms with E-state index in [0.717, 1.165) is 11.2 Å². The Kier molecular flexibility index (Phi) is 3.17. The summed E-state index contributed by atoms with van der Waals surface area (Å²) in [6.07, 6.45) is 8.59. The first-order valence-electron chi connectivity index (χ1n) is 4.35. The highest BCUT2D eigenvalue weighted by molar-refractivity contribution is 9.09. The highest BCUT2D eigenvalue weighted by Gasteiger charge is 2.22. The van der Waals surface area contributed by atoms with Gasteiger partial charge in [0.2, 0.25) is 0 Å². The molecule has 0 aromatic rings. The van der Waals surface area contributed by atoms with E-state index in [1.54, 1.807) is 0 Å². The van der Waals surface area contributed by atoms with Crippen LogP contribution in [0.5, 0.6) is 0 Å². The summed E-state index contributed by atoms with van der Waals surface area (Å²) in [5.41, 5.74) is 0.483. The molecule has 0 saturated carbocycles. The van der Waals surface area contributed by atoms with Crippen LogP contribution in [0.2, 0.25) is 0 Å². The Morgan fingerprint density at radius 3 is 2.36 bits per heavy atom. The average Bonchev–Trinajstić information content (AvgIpc) is 2.39. The maximum atomic E-state index is 3.56. The lowest BCUT2D eigenvalue weighted by molar-refractivity contribution is 0.311. The van der Waals surface area contributed by atoms with Crippen LogP contribution < -0.4 is 0 Å². The maximum absolute atomic E-state index is 3.56. The minimum atomic E-state index is 0.483. The molecule has 0 fully saturated rings. The van der Waals surface area contributed by atoms with Gasteiger partial charge in [-0.2, -0.15) is 0 Å². The fourth-order valence-electron chi connectivity index (χ4n) is 1.68. The maximum Gasteiger partial charge on any atom is 0.00827 e. The molecule has 1 aliphatic carbocycles. The molecule has 0 heterocycles. The van der Waals surface area contributed by atoms with Gasteiger partial charge in [-0.15, -0.1) is 0 Å². The lowest BCUT2D eigenvalue weighted by Gasteiger charge is -2.25. The molecule has 0 N–H and O–H groups in total. The quantitative estimate of drug-likeness (QED) is 0.498. The van der Waals surface area contributed by atoms with Gasteiger partial charge >= 0.3 is 0 Å². The van der Waals surface area contributed by atoms with E-state index >= 15 is 0 Å². The van der Waals surface area contributed by atoms with Crippen LogP contribution in [0.1, 0.15) is 33.1 Å². The van der Waals surface area contributed by atoms with Crippen molar-refractivity contribution in [3.05, 3.63) is 12.2 Å². The van der Waals surface area contributed by atoms with Crippen molar-refractivity contribution in [2.24, 2.45) is 11.3 Å². The minimum Gasteiger partial charge on any atom is -0.0922 e. The average molecular weight is 217 g/mol. The number of hydrogen-bond acceptors (Lipinski definition) is 0. The molecule has 0 unspecified atom stereocenters. The molecular weight excluding hydrogens is 200 g/mol. The Hall–Kier alpha value is 0.220. The summed E-state index contributed by atoms with van der Waals surface area (Å²) in [6, 6.07) is 0. The van der Waals surface area contributed by atoms with E-state index in [-0.39, 0.29) is 0 Å². The first-order valence-corrected chi connectivity index (χ1v) is 5.47. The van der Waals surface area contributed by atoms with Crippen LogP contribution >= 0.6 is 15.9 Å². The van der Waals surface area contributed by atoms with Crippen molar-refractivity contribution in [1.82, 2.24) is 0 Å². The number of rotatable bonds is 3. The predicted molar refractivity (Wildman–Crippen MR) is 54.1 cm³/mol. The lowest BCUT2D eigenvalue weighted by Crippen LogP contribution is -2.17. The molecule has 0 aliphatic heterocycles. The Bertz CT molecular complexity index is 139. The van der Waals surface area contributed by atoms with Crippen LogP contribution in [0.25, 0.3) is 0 Å². The molecule has 0 atom stereocenters. The third-order valence-electron chi connectivity index (χ3n) is 2.31. The molecule has 11 heavy (non-hydrogen) atoms. The Morgan fingerprint density at radius 2 is 1.91 bits per heavy atom. The second kappa shape index (κ2) is 3.75. The van der Waals surface area contributed by atoms with Gasteiger partial charge in [-0.3, -0.25) is 0 Å². The Balaban J connectivity index is 2.30. The van der Waals surface area contributed by atoms with Crippen molar-refractivity contribution >= 4 is 15.9 Å². The molecule has 1 heteroatoms. The van der Waals surface area contributed by atoms with Gasteiger partial charge in [0.05, 0.1) is 0 Å². The molecule has 0 aromatic carbocycles. The van der Waals surface area contributed by atoms with Crippen LogP contribution in [-0.4, -0.2) is 5.33 Å². The SMILES string of the molecule is CC(C)(CBr)CC1CC=CC1. The highest BCUT2D eigenvalue weighted by Crippen LogP contribution is 2.33. The fraction of sp³-hybridized carbons (Fsp3) is 0.800. The van der Waals surface area contributed by atoms with E-state index < -0.39 is 0 Å². The third kappa shape index (κ3) is 2.98. The third-order valence-corrected chi connectivity index (χ3v) is 3.83. The summed E-state index contributed by atoms with van der Waals surface area (Å²) in [7, 11) is 0. The van der Waals surface area contributed by atoms with Crippen molar-refractivity contribution in [2.75, 3.05) is 5.33 Å². The van der Waals surface area contributed by atoms with Gasteiger partial charge in [0.25, 0.3) is 0 Å². The van der Waals surface area contributed by atoms with Crippen molar-refractivity contribution < 1.29 is 0 Å². The summed E-state index contributed by atoms with van der Waals surface area (Å²) >= 11 is 3.56. The van der Waals surface area contributed by atoms with Crippen LogP contribution in [0, 0.1) is 11.3 Å². The summed E-state index contributed by atoms with van der Waals surface area (Å²) in [6.45, 7) is 4.67. The van der Waals surface area contributed by atoms with Crippen molar-refractivity contribution in [2.45, 2.75) is 33.1 Å². The second-order valence-electron chi connectivity index (χ2n) is 4.31. The van der Waals surface area contributed by atoms with E-state index in [4.69, 9.17) is 0 Å². The van der Waals surface area contributed by atoms with E-state index in [1.165, 1.54) is 19.3 Å². The van der Waals surface area contributed by atoms with E-state index in [2.05, 4.69) is 41.9 Å². The van der Waals surface area contributed by atoms with Crippen LogP contribution in [-0.2, 0) is 0 Å². The zero-order valence-electron chi connectivity index (χ0n) is 7.44. The molecule has 0 saturated heterocycles. The number of alkyl halides is 1.